The third-order valence-electron chi connectivity index (χ3n) is 5.75. The third-order valence-corrected chi connectivity index (χ3v) is 5.75. The Kier molecular flexibility index (Phi) is 6.52. The molecule has 3 heterocycles. The van der Waals surface area contributed by atoms with E-state index in [1.165, 1.54) is 24.9 Å². The summed E-state index contributed by atoms with van der Waals surface area (Å²) in [5, 5.41) is 0. The molecule has 1 aromatic carbocycles. The molecular formula is C23H31N3O3. The first-order valence-electron chi connectivity index (χ1n) is 10.7. The van der Waals surface area contributed by atoms with E-state index in [-0.39, 0.29) is 6.79 Å². The summed E-state index contributed by atoms with van der Waals surface area (Å²) in [7, 11) is 0. The number of likely N-dealkylation sites (N-methyl/N-ethyl adjacent to an activating group) is 1. The van der Waals surface area contributed by atoms with Gasteiger partial charge in [0, 0.05) is 49.7 Å². The van der Waals surface area contributed by atoms with Crippen molar-refractivity contribution in [1.29, 1.82) is 0 Å². The minimum Gasteiger partial charge on any atom is -0.493 e. The molecule has 0 amide bonds. The van der Waals surface area contributed by atoms with Crippen LogP contribution in [0.5, 0.6) is 17.2 Å². The summed E-state index contributed by atoms with van der Waals surface area (Å²) >= 11 is 0. The van der Waals surface area contributed by atoms with Crippen molar-refractivity contribution in [3.05, 3.63) is 47.8 Å². The van der Waals surface area contributed by atoms with Crippen molar-refractivity contribution in [2.24, 2.45) is 0 Å². The zero-order valence-electron chi connectivity index (χ0n) is 17.5. The van der Waals surface area contributed by atoms with Crippen molar-refractivity contribution in [3.8, 4) is 17.2 Å². The number of pyridine rings is 1. The molecule has 6 heteroatoms. The maximum absolute atomic E-state index is 5.94. The molecule has 6 nitrogen and oxygen atoms in total. The third kappa shape index (κ3) is 4.82. The molecule has 2 aliphatic rings. The van der Waals surface area contributed by atoms with E-state index in [1.807, 2.05) is 31.5 Å². The summed E-state index contributed by atoms with van der Waals surface area (Å²) in [6, 6.07) is 8.80. The van der Waals surface area contributed by atoms with E-state index >= 15 is 0 Å². The molecule has 1 saturated heterocycles. The Morgan fingerprint density at radius 1 is 1.21 bits per heavy atom. The van der Waals surface area contributed by atoms with Gasteiger partial charge in [0.2, 0.25) is 6.79 Å². The fourth-order valence-corrected chi connectivity index (χ4v) is 4.37. The highest BCUT2D eigenvalue weighted by atomic mass is 16.7. The van der Waals surface area contributed by atoms with Gasteiger partial charge in [0.1, 0.15) is 5.75 Å². The molecule has 0 bridgehead atoms. The molecule has 156 valence electrons. The minimum atomic E-state index is 0.275. The SMILES string of the molecule is CCOc1cc2c(cc1CN(Cc1cccnc1)C[C@H]1CCCN1CC)OCO2. The van der Waals surface area contributed by atoms with Gasteiger partial charge in [-0.1, -0.05) is 13.0 Å². The summed E-state index contributed by atoms with van der Waals surface area (Å²) < 4.78 is 17.1. The molecule has 2 aliphatic heterocycles. The fraction of sp³-hybridized carbons (Fsp3) is 0.522. The summed E-state index contributed by atoms with van der Waals surface area (Å²) in [5.74, 6) is 2.46. The van der Waals surface area contributed by atoms with Gasteiger partial charge in [-0.05, 0) is 50.6 Å². The van der Waals surface area contributed by atoms with Crippen LogP contribution in [0.4, 0.5) is 0 Å². The monoisotopic (exact) mass is 397 g/mol. The highest BCUT2D eigenvalue weighted by molar-refractivity contribution is 5.51. The lowest BCUT2D eigenvalue weighted by atomic mass is 10.1. The van der Waals surface area contributed by atoms with E-state index in [0.29, 0.717) is 12.6 Å². The van der Waals surface area contributed by atoms with Crippen LogP contribution in [0.25, 0.3) is 0 Å². The number of hydrogen-bond acceptors (Lipinski definition) is 6. The second kappa shape index (κ2) is 9.46. The highest BCUT2D eigenvalue weighted by Gasteiger charge is 2.26. The molecule has 1 fully saturated rings. The number of fused-ring (bicyclic) bond motifs is 1. The Bertz CT molecular complexity index is 799. The maximum atomic E-state index is 5.94. The van der Waals surface area contributed by atoms with Crippen molar-refractivity contribution in [3.63, 3.8) is 0 Å². The number of hydrogen-bond donors (Lipinski definition) is 0. The van der Waals surface area contributed by atoms with E-state index in [2.05, 4.69) is 33.8 Å². The average Bonchev–Trinajstić information content (AvgIpc) is 3.37. The molecule has 0 radical (unpaired) electrons. The molecular weight excluding hydrogens is 366 g/mol. The normalized spacial score (nSPS) is 18.5. The number of ether oxygens (including phenoxy) is 3. The molecule has 2 aromatic rings. The Balaban J connectivity index is 1.57. The summed E-state index contributed by atoms with van der Waals surface area (Å²) in [6.45, 7) is 10.2. The molecule has 4 rings (SSSR count). The van der Waals surface area contributed by atoms with Gasteiger partial charge in [0.15, 0.2) is 11.5 Å². The van der Waals surface area contributed by atoms with Gasteiger partial charge < -0.3 is 14.2 Å². The zero-order chi connectivity index (χ0) is 20.1. The van der Waals surface area contributed by atoms with Crippen LogP contribution < -0.4 is 14.2 Å². The van der Waals surface area contributed by atoms with Gasteiger partial charge in [-0.3, -0.25) is 14.8 Å². The van der Waals surface area contributed by atoms with E-state index in [1.54, 1.807) is 0 Å². The van der Waals surface area contributed by atoms with Crippen LogP contribution in [0.15, 0.2) is 36.7 Å². The first-order valence-corrected chi connectivity index (χ1v) is 10.7. The first kappa shape index (κ1) is 20.0. The van der Waals surface area contributed by atoms with Crippen LogP contribution in [0.3, 0.4) is 0 Å². The van der Waals surface area contributed by atoms with Crippen molar-refractivity contribution < 1.29 is 14.2 Å². The van der Waals surface area contributed by atoms with Crippen molar-refractivity contribution in [2.75, 3.05) is 33.0 Å². The maximum Gasteiger partial charge on any atom is 0.231 e. The van der Waals surface area contributed by atoms with Crippen LogP contribution in [0.2, 0.25) is 0 Å². The second-order valence-electron chi connectivity index (χ2n) is 7.70. The smallest absolute Gasteiger partial charge is 0.231 e. The lowest BCUT2D eigenvalue weighted by Gasteiger charge is -2.31. The first-order chi connectivity index (χ1) is 14.3. The van der Waals surface area contributed by atoms with Crippen molar-refractivity contribution >= 4 is 0 Å². The second-order valence-corrected chi connectivity index (χ2v) is 7.70. The molecule has 1 aromatic heterocycles. The summed E-state index contributed by atoms with van der Waals surface area (Å²) in [5.41, 5.74) is 2.37. The van der Waals surface area contributed by atoms with Crippen LogP contribution in [0.1, 0.15) is 37.8 Å². The number of nitrogens with zero attached hydrogens (tertiary/aromatic N) is 3. The molecule has 29 heavy (non-hydrogen) atoms. The Morgan fingerprint density at radius 3 is 2.83 bits per heavy atom. The fourth-order valence-electron chi connectivity index (χ4n) is 4.37. The minimum absolute atomic E-state index is 0.275. The van der Waals surface area contributed by atoms with E-state index in [4.69, 9.17) is 14.2 Å². The standard InChI is InChI=1S/C23H31N3O3/c1-3-26-10-6-8-20(26)16-25(14-18-7-5-9-24-13-18)15-19-11-22-23(29-17-28-22)12-21(19)27-4-2/h5,7,9,11-13,20H,3-4,6,8,10,14-17H2,1-2H3/t20-/m1/s1. The van der Waals surface area contributed by atoms with Crippen molar-refractivity contribution in [1.82, 2.24) is 14.8 Å². The molecule has 0 spiro atoms. The Hall–Kier alpha value is -2.31. The zero-order valence-corrected chi connectivity index (χ0v) is 17.5. The number of rotatable bonds is 9. The Morgan fingerprint density at radius 2 is 2.07 bits per heavy atom. The summed E-state index contributed by atoms with van der Waals surface area (Å²) in [4.78, 5) is 9.41. The van der Waals surface area contributed by atoms with Gasteiger partial charge in [0.25, 0.3) is 0 Å². The molecule has 0 N–H and O–H groups in total. The summed E-state index contributed by atoms with van der Waals surface area (Å²) in [6.07, 6.45) is 6.33. The highest BCUT2D eigenvalue weighted by Crippen LogP contribution is 2.39. The molecule has 1 atom stereocenters. The van der Waals surface area contributed by atoms with Crippen LogP contribution in [-0.2, 0) is 13.1 Å². The molecule has 0 unspecified atom stereocenters. The number of benzene rings is 1. The number of aromatic nitrogens is 1. The van der Waals surface area contributed by atoms with Gasteiger partial charge >= 0.3 is 0 Å². The Labute approximate surface area is 173 Å². The predicted octanol–water partition coefficient (Wildman–Crippen LogP) is 3.70. The van der Waals surface area contributed by atoms with E-state index in [9.17, 15) is 0 Å². The average molecular weight is 398 g/mol. The predicted molar refractivity (Wildman–Crippen MR) is 112 cm³/mol. The van der Waals surface area contributed by atoms with Crippen molar-refractivity contribution in [2.45, 2.75) is 45.8 Å². The van der Waals surface area contributed by atoms with E-state index in [0.717, 1.165) is 49.0 Å². The lowest BCUT2D eigenvalue weighted by Crippen LogP contribution is -2.39. The van der Waals surface area contributed by atoms with Gasteiger partial charge in [0.05, 0.1) is 6.61 Å². The molecule has 0 saturated carbocycles. The van der Waals surface area contributed by atoms with Gasteiger partial charge in [-0.2, -0.15) is 0 Å². The largest absolute Gasteiger partial charge is 0.493 e. The van der Waals surface area contributed by atoms with E-state index < -0.39 is 0 Å². The number of likely N-dealkylation sites (tertiary alicyclic amines) is 1. The van der Waals surface area contributed by atoms with Gasteiger partial charge in [-0.15, -0.1) is 0 Å². The lowest BCUT2D eigenvalue weighted by molar-refractivity contribution is 0.164. The van der Waals surface area contributed by atoms with Crippen LogP contribution in [-0.4, -0.2) is 53.9 Å². The quantitative estimate of drug-likeness (QED) is 0.643. The van der Waals surface area contributed by atoms with Gasteiger partial charge in [-0.25, -0.2) is 0 Å². The van der Waals surface area contributed by atoms with Crippen LogP contribution in [0, 0.1) is 0 Å². The topological polar surface area (TPSA) is 47.1 Å². The van der Waals surface area contributed by atoms with Crippen LogP contribution >= 0.6 is 0 Å². The molecule has 0 aliphatic carbocycles.